The van der Waals surface area contributed by atoms with Gasteiger partial charge in [-0.15, -0.1) is 0 Å². The van der Waals surface area contributed by atoms with Crippen molar-refractivity contribution in [2.75, 3.05) is 37.0 Å². The fourth-order valence-electron chi connectivity index (χ4n) is 7.57. The lowest BCUT2D eigenvalue weighted by molar-refractivity contribution is -0.0616. The van der Waals surface area contributed by atoms with Crippen LogP contribution in [0.15, 0.2) is 38.0 Å². The molecule has 362 valence electrons. The lowest BCUT2D eigenvalue weighted by Gasteiger charge is -2.26. The molecule has 14 atom stereocenters. The van der Waals surface area contributed by atoms with Crippen LogP contribution in [0, 0.1) is 0 Å². The van der Waals surface area contributed by atoms with Crippen molar-refractivity contribution in [1.29, 1.82) is 0 Å². The van der Waals surface area contributed by atoms with Crippen LogP contribution in [-0.2, 0) is 50.5 Å². The third-order valence-corrected chi connectivity index (χ3v) is 13.1. The average molecular weight is 1010 g/mol. The fraction of sp³-hybridized carbons (Fsp3) is 0.500. The molecule has 0 radical (unpaired) electrons. The molecule has 34 nitrogen and oxygen atoms in total. The van der Waals surface area contributed by atoms with Gasteiger partial charge in [0.15, 0.2) is 53.1 Å². The molecule has 37 heteroatoms. The molecule has 3 saturated heterocycles. The Kier molecular flexibility index (Phi) is 12.6. The van der Waals surface area contributed by atoms with Crippen molar-refractivity contribution in [2.45, 2.75) is 73.6 Å². The van der Waals surface area contributed by atoms with Crippen molar-refractivity contribution in [3.05, 3.63) is 38.0 Å². The molecule has 9 rings (SSSR count). The Morgan fingerprint density at radius 1 is 0.493 bits per heavy atom. The summed E-state index contributed by atoms with van der Waals surface area (Å²) >= 11 is 0. The molecular formula is C30H38N15O19P3. The van der Waals surface area contributed by atoms with Crippen LogP contribution in [0.1, 0.15) is 18.7 Å². The van der Waals surface area contributed by atoms with Crippen molar-refractivity contribution in [3.63, 3.8) is 0 Å². The van der Waals surface area contributed by atoms with Gasteiger partial charge in [0.25, 0.3) is 0 Å². The maximum Gasteiger partial charge on any atom is 0.472 e. The molecule has 3 fully saturated rings. The normalized spacial score (nSPS) is 31.0. The van der Waals surface area contributed by atoms with E-state index < -0.39 is 117 Å². The summed E-state index contributed by atoms with van der Waals surface area (Å²) in [5.74, 6) is -0.102. The molecule has 3 aliphatic heterocycles. The Labute approximate surface area is 371 Å². The molecule has 0 aliphatic carbocycles. The minimum Gasteiger partial charge on any atom is -0.387 e. The third kappa shape index (κ3) is 9.22. The van der Waals surface area contributed by atoms with Gasteiger partial charge in [-0.05, 0) is 0 Å². The largest absolute Gasteiger partial charge is 0.472 e. The monoisotopic (exact) mass is 1010 g/mol. The zero-order chi connectivity index (χ0) is 47.7. The second-order valence-corrected chi connectivity index (χ2v) is 18.9. The minimum atomic E-state index is -5.49. The molecular weight excluding hydrogens is 967 g/mol. The molecule has 6 aromatic rings. The summed E-state index contributed by atoms with van der Waals surface area (Å²) in [7, 11) is -16.1. The van der Waals surface area contributed by atoms with E-state index in [9.17, 15) is 53.7 Å². The summed E-state index contributed by atoms with van der Waals surface area (Å²) in [4.78, 5) is 76.8. The summed E-state index contributed by atoms with van der Waals surface area (Å²) < 4.78 is 85.5. The Balaban J connectivity index is 0.925. The van der Waals surface area contributed by atoms with E-state index in [4.69, 9.17) is 49.5 Å². The Bertz CT molecular complexity index is 2940. The number of phosphoric ester groups is 3. The summed E-state index contributed by atoms with van der Waals surface area (Å²) in [6.07, 6.45) is -13.9. The van der Waals surface area contributed by atoms with E-state index in [0.717, 1.165) is 40.8 Å². The highest BCUT2D eigenvalue weighted by atomic mass is 31.2. The van der Waals surface area contributed by atoms with Gasteiger partial charge < -0.3 is 71.4 Å². The zero-order valence-corrected chi connectivity index (χ0v) is 36.2. The van der Waals surface area contributed by atoms with Crippen LogP contribution in [0.5, 0.6) is 0 Å². The van der Waals surface area contributed by atoms with Gasteiger partial charge in [-0.2, -0.15) is 0 Å². The van der Waals surface area contributed by atoms with E-state index in [-0.39, 0.29) is 50.9 Å². The predicted octanol–water partition coefficient (Wildman–Crippen LogP) is -3.50. The molecule has 9 heterocycles. The van der Waals surface area contributed by atoms with E-state index in [1.807, 2.05) is 0 Å². The molecule has 0 spiro atoms. The number of rotatable bonds is 16. The summed E-state index contributed by atoms with van der Waals surface area (Å²) in [6.45, 7) is -3.01. The Morgan fingerprint density at radius 2 is 0.836 bits per heavy atom. The van der Waals surface area contributed by atoms with E-state index >= 15 is 0 Å². The number of aromatic nitrogens is 12. The molecule has 2 unspecified atom stereocenters. The van der Waals surface area contributed by atoms with Gasteiger partial charge in [0, 0.05) is 0 Å². The summed E-state index contributed by atoms with van der Waals surface area (Å²) in [5, 5.41) is 44.6. The number of nitrogens with two attached hydrogens (primary N) is 3. The van der Waals surface area contributed by atoms with Crippen molar-refractivity contribution >= 4 is 74.4 Å². The first-order chi connectivity index (χ1) is 31.7. The van der Waals surface area contributed by atoms with E-state index in [1.54, 1.807) is 0 Å². The van der Waals surface area contributed by atoms with Gasteiger partial charge in [-0.1, -0.05) is 0 Å². The van der Waals surface area contributed by atoms with Crippen LogP contribution < -0.4 is 17.2 Å². The van der Waals surface area contributed by atoms with Crippen molar-refractivity contribution < 1.29 is 90.5 Å². The number of hydrogen-bond donors (Lipinski definition) is 11. The van der Waals surface area contributed by atoms with Crippen LogP contribution in [0.3, 0.4) is 0 Å². The number of ether oxygens (including phenoxy) is 3. The van der Waals surface area contributed by atoms with Crippen LogP contribution in [0.25, 0.3) is 33.5 Å². The predicted molar refractivity (Wildman–Crippen MR) is 214 cm³/mol. The molecule has 3 aliphatic rings. The average Bonchev–Trinajstić information content (AvgIpc) is 4.13. The van der Waals surface area contributed by atoms with Crippen molar-refractivity contribution in [3.8, 4) is 0 Å². The van der Waals surface area contributed by atoms with Crippen molar-refractivity contribution in [1.82, 2.24) is 58.6 Å². The molecule has 6 aromatic heterocycles. The molecule has 0 amide bonds. The van der Waals surface area contributed by atoms with Crippen LogP contribution in [0.4, 0.5) is 17.5 Å². The smallest absolute Gasteiger partial charge is 0.387 e. The standard InChI is InChI=1S/C30H38N15O19P3/c31-22-13-25(37-4-34-22)43(7-40-13)28-17(47)16(46)10(60-28)1-58-66(53,54)64-21-12(62-30(19(21)49)45-9-42-15-24(33)36-6-39-27(15)45)3-59-67(55,56)63-20-11(2-57-65(50,51)52)61-29(18(20)48)44-8-41-14-23(32)35-5-38-26(14)44/h4-12,16-21,28-30,46-49H,1-3H2,(H,53,54)(H,55,56)(H2,31,34,37)(H2,32,35,38)(H2,33,36,39)(H2,50,51,52)/t10-,11-,12-,16-,17-,18-,19-,20-,21-,28-,29-,30-/m1/s1. The third-order valence-electron chi connectivity index (χ3n) is 10.7. The SMILES string of the molecule is Nc1ncnc2c1ncn2[C@@H]1O[C@H](COP(=O)(O)O[C@H]2[C@@H](O)[C@H](n3cnc4c(N)ncnc43)O[C@@H]2COP(=O)(O)O[C@H]2[C@@H](O)[C@H](n3cnc4c(N)ncnc43)O[C@@H]2COP(=O)(O)O)[C@@H](O)[C@H]1O. The highest BCUT2D eigenvalue weighted by Gasteiger charge is 2.53. The van der Waals surface area contributed by atoms with Gasteiger partial charge in [0.05, 0.1) is 38.8 Å². The second-order valence-electron chi connectivity index (χ2n) is 14.9. The number of aliphatic hydroxyl groups is 4. The molecule has 0 saturated carbocycles. The molecule has 0 aromatic carbocycles. The quantitative estimate of drug-likeness (QED) is 0.0419. The summed E-state index contributed by atoms with van der Waals surface area (Å²) in [5.41, 5.74) is 18.1. The maximum atomic E-state index is 13.7. The number of nitrogens with zero attached hydrogens (tertiary/aromatic N) is 12. The lowest BCUT2D eigenvalue weighted by atomic mass is 10.1. The van der Waals surface area contributed by atoms with E-state index in [1.165, 1.54) is 10.9 Å². The Morgan fingerprint density at radius 3 is 1.22 bits per heavy atom. The minimum absolute atomic E-state index is 0.00456. The zero-order valence-electron chi connectivity index (χ0n) is 33.5. The highest BCUT2D eigenvalue weighted by molar-refractivity contribution is 7.47. The molecule has 14 N–H and O–H groups in total. The van der Waals surface area contributed by atoms with Gasteiger partial charge >= 0.3 is 23.5 Å². The first kappa shape index (κ1) is 47.2. The number of anilines is 3. The van der Waals surface area contributed by atoms with Gasteiger partial charge in [-0.25, -0.2) is 58.6 Å². The Hall–Kier alpha value is -4.90. The fourth-order valence-corrected chi connectivity index (χ4v) is 9.84. The van der Waals surface area contributed by atoms with Gasteiger partial charge in [0.1, 0.15) is 90.5 Å². The number of phosphoric acid groups is 3. The van der Waals surface area contributed by atoms with Gasteiger partial charge in [-0.3, -0.25) is 36.3 Å². The van der Waals surface area contributed by atoms with Gasteiger partial charge in [0.2, 0.25) is 0 Å². The number of fused-ring (bicyclic) bond motifs is 3. The highest BCUT2D eigenvalue weighted by Crippen LogP contribution is 2.53. The van der Waals surface area contributed by atoms with E-state index in [2.05, 4.69) is 49.4 Å². The maximum absolute atomic E-state index is 13.7. The van der Waals surface area contributed by atoms with Crippen LogP contribution >= 0.6 is 23.5 Å². The van der Waals surface area contributed by atoms with E-state index in [0.29, 0.717) is 0 Å². The van der Waals surface area contributed by atoms with Crippen molar-refractivity contribution in [2.24, 2.45) is 0 Å². The first-order valence-electron chi connectivity index (χ1n) is 19.2. The summed E-state index contributed by atoms with van der Waals surface area (Å²) in [6, 6.07) is 0. The number of imidazole rings is 3. The van der Waals surface area contributed by atoms with Crippen LogP contribution in [-0.4, -0.2) is 173 Å². The lowest BCUT2D eigenvalue weighted by Crippen LogP contribution is -2.38. The second kappa shape index (κ2) is 17.9. The van der Waals surface area contributed by atoms with Crippen LogP contribution in [0.2, 0.25) is 0 Å². The first-order valence-corrected chi connectivity index (χ1v) is 23.7. The number of nitrogen functional groups attached to an aromatic ring is 3. The topological polar surface area (TPSA) is 496 Å². The number of hydrogen-bond acceptors (Lipinski definition) is 27. The molecule has 0 bridgehead atoms. The number of aliphatic hydroxyl groups excluding tert-OH is 4. The molecule has 67 heavy (non-hydrogen) atoms.